The van der Waals surface area contributed by atoms with Crippen LogP contribution in [0.1, 0.15) is 6.42 Å². The number of hydrogen-bond donors (Lipinski definition) is 2. The summed E-state index contributed by atoms with van der Waals surface area (Å²) in [4.78, 5) is 11.1. The molecule has 1 atom stereocenters. The second kappa shape index (κ2) is 5.01. The Balaban J connectivity index is 2.85. The lowest BCUT2D eigenvalue weighted by atomic mass is 10.2. The first-order valence-electron chi connectivity index (χ1n) is 4.25. The van der Waals surface area contributed by atoms with Crippen molar-refractivity contribution in [2.45, 2.75) is 12.5 Å². The van der Waals surface area contributed by atoms with Crippen LogP contribution < -0.4 is 16.6 Å². The van der Waals surface area contributed by atoms with Crippen molar-refractivity contribution < 1.29 is 4.79 Å². The van der Waals surface area contributed by atoms with Crippen LogP contribution in [0.5, 0.6) is 0 Å². The zero-order valence-electron chi connectivity index (χ0n) is 8.08. The number of rotatable bonds is 5. The lowest BCUT2D eigenvalue weighted by molar-refractivity contribution is -0.119. The van der Waals surface area contributed by atoms with E-state index >= 15 is 0 Å². The minimum atomic E-state index is -0.681. The number of nitrogens with zero attached hydrogens (tertiary/aromatic N) is 4. The fraction of sp³-hybridized carbons (Fsp3) is 0.250. The summed E-state index contributed by atoms with van der Waals surface area (Å²) in [6.45, 7) is 3.52. The second-order valence-electron chi connectivity index (χ2n) is 2.83. The first kappa shape index (κ1) is 11.1. The third-order valence-electron chi connectivity index (χ3n) is 1.81. The predicted molar refractivity (Wildman–Crippen MR) is 54.3 cm³/mol. The minimum absolute atomic E-state index is 0.329. The Morgan fingerprint density at radius 2 is 2.47 bits per heavy atom. The van der Waals surface area contributed by atoms with Gasteiger partial charge in [0.25, 0.3) is 0 Å². The molecule has 80 valence electrons. The van der Waals surface area contributed by atoms with Gasteiger partial charge in [-0.3, -0.25) is 9.80 Å². The fourth-order valence-corrected chi connectivity index (χ4v) is 1.06. The van der Waals surface area contributed by atoms with Crippen molar-refractivity contribution in [1.29, 1.82) is 0 Å². The third kappa shape index (κ3) is 2.71. The number of anilines is 1. The Labute approximate surface area is 86.7 Å². The Morgan fingerprint density at radius 3 is 2.93 bits per heavy atom. The topological polar surface area (TPSA) is 111 Å². The first-order chi connectivity index (χ1) is 7.16. The van der Waals surface area contributed by atoms with E-state index in [0.717, 1.165) is 5.01 Å². The van der Waals surface area contributed by atoms with E-state index in [0.29, 0.717) is 12.2 Å². The molecule has 0 spiro atoms. The number of aromatic nitrogens is 3. The molecular formula is C8H12N6O. The third-order valence-corrected chi connectivity index (χ3v) is 1.81. The number of carbonyl (C=O) groups is 1. The van der Waals surface area contributed by atoms with E-state index in [9.17, 15) is 4.79 Å². The van der Waals surface area contributed by atoms with Gasteiger partial charge < -0.3 is 5.73 Å². The largest absolute Gasteiger partial charge is 0.368 e. The van der Waals surface area contributed by atoms with Crippen molar-refractivity contribution in [2.24, 2.45) is 11.6 Å². The molecule has 15 heavy (non-hydrogen) atoms. The van der Waals surface area contributed by atoms with Gasteiger partial charge in [0, 0.05) is 6.07 Å². The van der Waals surface area contributed by atoms with Gasteiger partial charge in [0.15, 0.2) is 5.82 Å². The maximum atomic E-state index is 11.1. The van der Waals surface area contributed by atoms with Gasteiger partial charge in [-0.15, -0.1) is 16.8 Å². The highest BCUT2D eigenvalue weighted by molar-refractivity contribution is 5.83. The number of hydrogen-bond acceptors (Lipinski definition) is 6. The minimum Gasteiger partial charge on any atom is -0.368 e. The van der Waals surface area contributed by atoms with Crippen LogP contribution in [-0.2, 0) is 4.79 Å². The van der Waals surface area contributed by atoms with Crippen molar-refractivity contribution in [3.63, 3.8) is 0 Å². The average molecular weight is 208 g/mol. The van der Waals surface area contributed by atoms with Crippen molar-refractivity contribution in [3.05, 3.63) is 24.9 Å². The monoisotopic (exact) mass is 208 g/mol. The van der Waals surface area contributed by atoms with Gasteiger partial charge in [-0.25, -0.2) is 5.84 Å². The number of amides is 1. The molecule has 0 fully saturated rings. The van der Waals surface area contributed by atoms with Gasteiger partial charge in [-0.2, -0.15) is 0 Å². The molecule has 0 saturated heterocycles. The van der Waals surface area contributed by atoms with Gasteiger partial charge in [-0.1, -0.05) is 6.08 Å². The summed E-state index contributed by atoms with van der Waals surface area (Å²) in [5.74, 6) is 5.46. The molecule has 0 aliphatic heterocycles. The quantitative estimate of drug-likeness (QED) is 0.364. The number of hydrazine groups is 1. The SMILES string of the molecule is C=CCC(C(N)=O)N(N)c1ccnnn1. The van der Waals surface area contributed by atoms with Gasteiger partial charge in [0.1, 0.15) is 6.04 Å². The predicted octanol–water partition coefficient (Wildman–Crippen LogP) is -1.02. The highest BCUT2D eigenvalue weighted by Gasteiger charge is 2.21. The van der Waals surface area contributed by atoms with E-state index in [1.165, 1.54) is 12.3 Å². The van der Waals surface area contributed by atoms with E-state index in [1.54, 1.807) is 6.08 Å². The zero-order chi connectivity index (χ0) is 11.3. The van der Waals surface area contributed by atoms with Crippen molar-refractivity contribution in [2.75, 3.05) is 5.01 Å². The molecule has 1 aromatic heterocycles. The fourth-order valence-electron chi connectivity index (χ4n) is 1.06. The van der Waals surface area contributed by atoms with Gasteiger partial charge in [0.2, 0.25) is 5.91 Å². The molecule has 0 radical (unpaired) electrons. The maximum absolute atomic E-state index is 11.1. The molecule has 0 aliphatic rings. The molecule has 7 nitrogen and oxygen atoms in total. The van der Waals surface area contributed by atoms with Crippen LogP contribution in [0.3, 0.4) is 0 Å². The summed E-state index contributed by atoms with van der Waals surface area (Å²) >= 11 is 0. The molecule has 1 aromatic rings. The number of carbonyl (C=O) groups excluding carboxylic acids is 1. The molecule has 0 bridgehead atoms. The van der Waals surface area contributed by atoms with Crippen molar-refractivity contribution in [1.82, 2.24) is 15.4 Å². The molecule has 7 heteroatoms. The van der Waals surface area contributed by atoms with E-state index in [-0.39, 0.29) is 0 Å². The van der Waals surface area contributed by atoms with E-state index in [4.69, 9.17) is 11.6 Å². The Morgan fingerprint density at radius 1 is 1.73 bits per heavy atom. The second-order valence-corrected chi connectivity index (χ2v) is 2.83. The molecule has 4 N–H and O–H groups in total. The van der Waals surface area contributed by atoms with E-state index < -0.39 is 11.9 Å². The van der Waals surface area contributed by atoms with Gasteiger partial charge in [-0.05, 0) is 11.6 Å². The first-order valence-corrected chi connectivity index (χ1v) is 4.25. The van der Waals surface area contributed by atoms with E-state index in [1.807, 2.05) is 0 Å². The molecule has 1 heterocycles. The summed E-state index contributed by atoms with van der Waals surface area (Å²) in [6.07, 6.45) is 3.33. The van der Waals surface area contributed by atoms with Crippen LogP contribution in [-0.4, -0.2) is 27.4 Å². The zero-order valence-corrected chi connectivity index (χ0v) is 8.08. The van der Waals surface area contributed by atoms with Crippen molar-refractivity contribution >= 4 is 11.7 Å². The summed E-state index contributed by atoms with van der Waals surface area (Å²) in [5.41, 5.74) is 5.19. The summed E-state index contributed by atoms with van der Waals surface area (Å²) in [6, 6.07) is 0.852. The highest BCUT2D eigenvalue weighted by Crippen LogP contribution is 2.09. The summed E-state index contributed by atoms with van der Waals surface area (Å²) in [5, 5.41) is 11.7. The summed E-state index contributed by atoms with van der Waals surface area (Å²) < 4.78 is 0. The van der Waals surface area contributed by atoms with Crippen LogP contribution in [0, 0.1) is 0 Å². The maximum Gasteiger partial charge on any atom is 0.242 e. The summed E-state index contributed by atoms with van der Waals surface area (Å²) in [7, 11) is 0. The van der Waals surface area contributed by atoms with E-state index in [2.05, 4.69) is 22.0 Å². The number of nitrogens with two attached hydrogens (primary N) is 2. The van der Waals surface area contributed by atoms with Crippen LogP contribution in [0.25, 0.3) is 0 Å². The van der Waals surface area contributed by atoms with Gasteiger partial charge >= 0.3 is 0 Å². The average Bonchev–Trinajstić information content (AvgIpc) is 2.26. The van der Waals surface area contributed by atoms with Crippen LogP contribution in [0.4, 0.5) is 5.82 Å². The standard InChI is InChI=1S/C8H12N6O/c1-2-3-6(8(9)15)14(10)7-4-5-11-13-12-7/h2,4-6H,1,3,10H2,(H2,9,15). The molecule has 1 unspecified atom stereocenters. The highest BCUT2D eigenvalue weighted by atomic mass is 16.1. The van der Waals surface area contributed by atoms with Crippen LogP contribution >= 0.6 is 0 Å². The lowest BCUT2D eigenvalue weighted by Crippen LogP contribution is -2.49. The van der Waals surface area contributed by atoms with Crippen LogP contribution in [0.15, 0.2) is 24.9 Å². The van der Waals surface area contributed by atoms with Gasteiger partial charge in [0.05, 0.1) is 6.20 Å². The smallest absolute Gasteiger partial charge is 0.242 e. The molecule has 1 amide bonds. The Kier molecular flexibility index (Phi) is 3.69. The molecular weight excluding hydrogens is 196 g/mol. The number of primary amides is 1. The van der Waals surface area contributed by atoms with Crippen LogP contribution in [0.2, 0.25) is 0 Å². The van der Waals surface area contributed by atoms with Crippen molar-refractivity contribution in [3.8, 4) is 0 Å². The molecule has 1 rings (SSSR count). The molecule has 0 aliphatic carbocycles. The Hall–Kier alpha value is -2.02. The normalized spacial score (nSPS) is 11.8. The molecule has 0 aromatic carbocycles. The lowest BCUT2D eigenvalue weighted by Gasteiger charge is -2.23. The Bertz CT molecular complexity index is 340. The molecule has 0 saturated carbocycles.